The highest BCUT2D eigenvalue weighted by Crippen LogP contribution is 2.19. The smallest absolute Gasteiger partial charge is 0.258 e. The quantitative estimate of drug-likeness (QED) is 0.700. The molecule has 6 heteroatoms. The van der Waals surface area contributed by atoms with Crippen molar-refractivity contribution in [2.24, 2.45) is 0 Å². The normalized spacial score (nSPS) is 18.3. The first-order chi connectivity index (χ1) is 14.5. The van der Waals surface area contributed by atoms with Crippen molar-refractivity contribution in [2.75, 3.05) is 13.2 Å². The van der Waals surface area contributed by atoms with Crippen LogP contribution in [0.15, 0.2) is 48.5 Å². The highest BCUT2D eigenvalue weighted by atomic mass is 16.5. The van der Waals surface area contributed by atoms with Crippen molar-refractivity contribution >= 4 is 11.8 Å². The molecule has 2 N–H and O–H groups in total. The zero-order valence-corrected chi connectivity index (χ0v) is 17.6. The summed E-state index contributed by atoms with van der Waals surface area (Å²) in [6.45, 7) is 3.87. The summed E-state index contributed by atoms with van der Waals surface area (Å²) in [4.78, 5) is 24.7. The van der Waals surface area contributed by atoms with Crippen molar-refractivity contribution < 1.29 is 19.1 Å². The van der Waals surface area contributed by atoms with Crippen LogP contribution in [0.5, 0.6) is 11.5 Å². The number of benzene rings is 2. The van der Waals surface area contributed by atoms with Crippen LogP contribution >= 0.6 is 0 Å². The van der Waals surface area contributed by atoms with E-state index >= 15 is 0 Å². The summed E-state index contributed by atoms with van der Waals surface area (Å²) in [7, 11) is 0. The lowest BCUT2D eigenvalue weighted by atomic mass is 9.90. The van der Waals surface area contributed by atoms with Gasteiger partial charge in [-0.25, -0.2) is 0 Å². The second kappa shape index (κ2) is 10.7. The maximum absolute atomic E-state index is 12.4. The van der Waals surface area contributed by atoms with Gasteiger partial charge < -0.3 is 20.1 Å². The third-order valence-corrected chi connectivity index (χ3v) is 5.18. The molecule has 2 amide bonds. The SMILES string of the molecule is Cc1cccc(OCC(=O)NC2CCCCC2NC(=O)COc2cccc(C)c2)c1. The van der Waals surface area contributed by atoms with Crippen LogP contribution < -0.4 is 20.1 Å². The van der Waals surface area contributed by atoms with Gasteiger partial charge in [0.05, 0.1) is 0 Å². The predicted octanol–water partition coefficient (Wildman–Crippen LogP) is 3.30. The minimum absolute atomic E-state index is 0.0446. The number of ether oxygens (including phenoxy) is 2. The third-order valence-electron chi connectivity index (χ3n) is 5.18. The Balaban J connectivity index is 1.46. The summed E-state index contributed by atoms with van der Waals surface area (Å²) in [5, 5.41) is 6.04. The molecule has 6 nitrogen and oxygen atoms in total. The van der Waals surface area contributed by atoms with Crippen LogP contribution in [0.1, 0.15) is 36.8 Å². The summed E-state index contributed by atoms with van der Waals surface area (Å²) < 4.78 is 11.2. The standard InChI is InChI=1S/C24H30N2O4/c1-17-7-5-9-19(13-17)29-15-23(27)25-21-11-3-4-12-22(21)26-24(28)16-30-20-10-6-8-18(2)14-20/h5-10,13-14,21-22H,3-4,11-12,15-16H2,1-2H3,(H,25,27)(H,26,28). The van der Waals surface area contributed by atoms with Crippen LogP contribution in [-0.2, 0) is 9.59 Å². The van der Waals surface area contributed by atoms with Gasteiger partial charge in [0.25, 0.3) is 11.8 Å². The van der Waals surface area contributed by atoms with Crippen LogP contribution in [0.3, 0.4) is 0 Å². The van der Waals surface area contributed by atoms with Gasteiger partial charge in [0.15, 0.2) is 13.2 Å². The summed E-state index contributed by atoms with van der Waals surface area (Å²) in [6, 6.07) is 15.0. The van der Waals surface area contributed by atoms with E-state index in [1.807, 2.05) is 62.4 Å². The molecule has 0 aromatic heterocycles. The number of amides is 2. The van der Waals surface area contributed by atoms with E-state index in [4.69, 9.17) is 9.47 Å². The molecule has 1 saturated carbocycles. The largest absolute Gasteiger partial charge is 0.484 e. The molecule has 30 heavy (non-hydrogen) atoms. The van der Waals surface area contributed by atoms with Gasteiger partial charge in [-0.3, -0.25) is 9.59 Å². The predicted molar refractivity (Wildman–Crippen MR) is 116 cm³/mol. The molecule has 0 spiro atoms. The summed E-state index contributed by atoms with van der Waals surface area (Å²) >= 11 is 0. The number of carbonyl (C=O) groups is 2. The van der Waals surface area contributed by atoms with Crippen molar-refractivity contribution in [3.05, 3.63) is 59.7 Å². The summed E-state index contributed by atoms with van der Waals surface area (Å²) in [6.07, 6.45) is 3.71. The van der Waals surface area contributed by atoms with Crippen LogP contribution in [-0.4, -0.2) is 37.1 Å². The molecule has 1 aliphatic rings. The fourth-order valence-electron chi connectivity index (χ4n) is 3.68. The molecule has 2 unspecified atom stereocenters. The van der Waals surface area contributed by atoms with E-state index in [1.165, 1.54) is 0 Å². The first-order valence-corrected chi connectivity index (χ1v) is 10.5. The van der Waals surface area contributed by atoms with E-state index in [2.05, 4.69) is 10.6 Å². The van der Waals surface area contributed by atoms with Gasteiger partial charge in [-0.2, -0.15) is 0 Å². The van der Waals surface area contributed by atoms with Gasteiger partial charge in [0.2, 0.25) is 0 Å². The minimum atomic E-state index is -0.182. The maximum atomic E-state index is 12.4. The fourth-order valence-corrected chi connectivity index (χ4v) is 3.68. The lowest BCUT2D eigenvalue weighted by molar-refractivity contribution is -0.127. The van der Waals surface area contributed by atoms with Crippen molar-refractivity contribution in [2.45, 2.75) is 51.6 Å². The lowest BCUT2D eigenvalue weighted by Gasteiger charge is -2.32. The first-order valence-electron chi connectivity index (χ1n) is 10.5. The van der Waals surface area contributed by atoms with Gasteiger partial charge in [0.1, 0.15) is 11.5 Å². The van der Waals surface area contributed by atoms with Gasteiger partial charge >= 0.3 is 0 Å². The van der Waals surface area contributed by atoms with Crippen LogP contribution in [0, 0.1) is 13.8 Å². The highest BCUT2D eigenvalue weighted by Gasteiger charge is 2.28. The second-order valence-electron chi connectivity index (χ2n) is 7.84. The Morgan fingerprint density at radius 3 is 1.63 bits per heavy atom. The molecule has 1 fully saturated rings. The Hall–Kier alpha value is -3.02. The van der Waals surface area contributed by atoms with Crippen molar-refractivity contribution in [3.8, 4) is 11.5 Å². The molecule has 1 aliphatic carbocycles. The topological polar surface area (TPSA) is 76.7 Å². The van der Waals surface area contributed by atoms with Crippen molar-refractivity contribution in [1.82, 2.24) is 10.6 Å². The Kier molecular flexibility index (Phi) is 7.71. The van der Waals surface area contributed by atoms with E-state index < -0.39 is 0 Å². The Morgan fingerprint density at radius 1 is 0.800 bits per heavy atom. The van der Waals surface area contributed by atoms with E-state index in [0.29, 0.717) is 11.5 Å². The van der Waals surface area contributed by atoms with Crippen LogP contribution in [0.2, 0.25) is 0 Å². The van der Waals surface area contributed by atoms with E-state index in [9.17, 15) is 9.59 Å². The van der Waals surface area contributed by atoms with Crippen LogP contribution in [0.25, 0.3) is 0 Å². The van der Waals surface area contributed by atoms with Gasteiger partial charge in [-0.15, -0.1) is 0 Å². The Morgan fingerprint density at radius 2 is 1.23 bits per heavy atom. The molecular formula is C24H30N2O4. The molecule has 3 rings (SSSR count). The van der Waals surface area contributed by atoms with Crippen molar-refractivity contribution in [3.63, 3.8) is 0 Å². The number of rotatable bonds is 8. The number of hydrogen-bond donors (Lipinski definition) is 2. The molecule has 160 valence electrons. The number of hydrogen-bond acceptors (Lipinski definition) is 4. The van der Waals surface area contributed by atoms with E-state index in [-0.39, 0.29) is 37.1 Å². The molecule has 2 atom stereocenters. The first kappa shape index (κ1) is 21.7. The van der Waals surface area contributed by atoms with Gasteiger partial charge in [0, 0.05) is 12.1 Å². The molecular weight excluding hydrogens is 380 g/mol. The molecule has 2 aromatic rings. The Labute approximate surface area is 178 Å². The average Bonchev–Trinajstić information content (AvgIpc) is 2.72. The van der Waals surface area contributed by atoms with Crippen molar-refractivity contribution in [1.29, 1.82) is 0 Å². The fraction of sp³-hybridized carbons (Fsp3) is 0.417. The molecule has 0 aliphatic heterocycles. The minimum Gasteiger partial charge on any atom is -0.484 e. The van der Waals surface area contributed by atoms with E-state index in [0.717, 1.165) is 36.8 Å². The second-order valence-corrected chi connectivity index (χ2v) is 7.84. The monoisotopic (exact) mass is 410 g/mol. The van der Waals surface area contributed by atoms with E-state index in [1.54, 1.807) is 0 Å². The Bertz CT molecular complexity index is 796. The zero-order chi connectivity index (χ0) is 21.3. The average molecular weight is 411 g/mol. The molecule has 0 bridgehead atoms. The maximum Gasteiger partial charge on any atom is 0.258 e. The third kappa shape index (κ3) is 6.79. The highest BCUT2D eigenvalue weighted by molar-refractivity contribution is 5.79. The van der Waals surface area contributed by atoms with Gasteiger partial charge in [-0.05, 0) is 62.1 Å². The number of aryl methyl sites for hydroxylation is 2. The summed E-state index contributed by atoms with van der Waals surface area (Å²) in [5.41, 5.74) is 2.16. The number of carbonyl (C=O) groups excluding carboxylic acids is 2. The molecule has 0 radical (unpaired) electrons. The number of nitrogens with one attached hydrogen (secondary N) is 2. The molecule has 0 saturated heterocycles. The zero-order valence-electron chi connectivity index (χ0n) is 17.6. The summed E-state index contributed by atoms with van der Waals surface area (Å²) in [5.74, 6) is 0.983. The van der Waals surface area contributed by atoms with Gasteiger partial charge in [-0.1, -0.05) is 37.1 Å². The molecule has 0 heterocycles. The van der Waals surface area contributed by atoms with Crippen LogP contribution in [0.4, 0.5) is 0 Å². The lowest BCUT2D eigenvalue weighted by Crippen LogP contribution is -2.54. The molecule has 2 aromatic carbocycles.